The molecule has 4 rings (SSSR count). The highest BCUT2D eigenvalue weighted by Gasteiger charge is 2.26. The summed E-state index contributed by atoms with van der Waals surface area (Å²) in [5.41, 5.74) is 3.33. The zero-order valence-corrected chi connectivity index (χ0v) is 15.8. The first-order valence-corrected chi connectivity index (χ1v) is 9.38. The van der Waals surface area contributed by atoms with Crippen LogP contribution in [0.2, 0.25) is 0 Å². The van der Waals surface area contributed by atoms with Gasteiger partial charge in [0.05, 0.1) is 37.4 Å². The second kappa shape index (κ2) is 8.48. The minimum absolute atomic E-state index is 0.0500. The summed E-state index contributed by atoms with van der Waals surface area (Å²) in [6, 6.07) is 25.2. The van der Waals surface area contributed by atoms with Gasteiger partial charge in [0, 0.05) is 0 Å². The minimum Gasteiger partial charge on any atom is -0.457 e. The second-order valence-corrected chi connectivity index (χ2v) is 6.83. The fourth-order valence-corrected chi connectivity index (χ4v) is 3.27. The Kier molecular flexibility index (Phi) is 5.42. The first-order valence-electron chi connectivity index (χ1n) is 9.38. The lowest BCUT2D eigenvalue weighted by Crippen LogP contribution is -2.49. The van der Waals surface area contributed by atoms with Crippen molar-refractivity contribution < 1.29 is 9.47 Å². The van der Waals surface area contributed by atoms with E-state index >= 15 is 0 Å². The summed E-state index contributed by atoms with van der Waals surface area (Å²) in [7, 11) is 0. The smallest absolute Gasteiger partial charge is 0.179 e. The average Bonchev–Trinajstić information content (AvgIpc) is 2.74. The SMILES string of the molecule is N#Cc1ccccc1-c1cc(Oc2ccccc2)ccc1COC1CN(C#N)C1. The van der Waals surface area contributed by atoms with Crippen LogP contribution in [-0.2, 0) is 11.3 Å². The number of nitriles is 2. The van der Waals surface area contributed by atoms with E-state index in [2.05, 4.69) is 12.3 Å². The fraction of sp³-hybridized carbons (Fsp3) is 0.167. The largest absolute Gasteiger partial charge is 0.457 e. The number of para-hydroxylation sites is 1. The van der Waals surface area contributed by atoms with Gasteiger partial charge < -0.3 is 14.4 Å². The Bertz CT molecular complexity index is 1080. The fourth-order valence-electron chi connectivity index (χ4n) is 3.27. The molecule has 5 heteroatoms. The van der Waals surface area contributed by atoms with Crippen LogP contribution in [0.25, 0.3) is 11.1 Å². The van der Waals surface area contributed by atoms with Crippen LogP contribution in [0.3, 0.4) is 0 Å². The van der Waals surface area contributed by atoms with Gasteiger partial charge in [0.1, 0.15) is 11.5 Å². The Balaban J connectivity index is 1.63. The molecule has 1 fully saturated rings. The van der Waals surface area contributed by atoms with E-state index in [4.69, 9.17) is 14.7 Å². The van der Waals surface area contributed by atoms with E-state index in [9.17, 15) is 5.26 Å². The number of hydrogen-bond donors (Lipinski definition) is 0. The number of nitrogens with zero attached hydrogens (tertiary/aromatic N) is 3. The third-order valence-corrected chi connectivity index (χ3v) is 4.86. The molecule has 0 amide bonds. The van der Waals surface area contributed by atoms with Gasteiger partial charge in [-0.25, -0.2) is 0 Å². The summed E-state index contributed by atoms with van der Waals surface area (Å²) in [4.78, 5) is 1.66. The van der Waals surface area contributed by atoms with E-state index < -0.39 is 0 Å². The summed E-state index contributed by atoms with van der Waals surface area (Å²) in [6.07, 6.45) is 2.16. The van der Waals surface area contributed by atoms with Gasteiger partial charge in [0.2, 0.25) is 0 Å². The zero-order valence-electron chi connectivity index (χ0n) is 15.8. The molecule has 0 saturated carbocycles. The van der Waals surface area contributed by atoms with Gasteiger partial charge in [-0.3, -0.25) is 0 Å². The molecule has 3 aromatic carbocycles. The van der Waals surface area contributed by atoms with Crippen molar-refractivity contribution >= 4 is 0 Å². The normalized spacial score (nSPS) is 13.2. The molecular formula is C24H19N3O2. The molecule has 0 aliphatic carbocycles. The predicted molar refractivity (Wildman–Crippen MR) is 109 cm³/mol. The molecule has 3 aromatic rings. The Hall–Kier alpha value is -3.80. The number of ether oxygens (including phenoxy) is 2. The van der Waals surface area contributed by atoms with Crippen molar-refractivity contribution in [1.82, 2.24) is 4.90 Å². The van der Waals surface area contributed by atoms with Gasteiger partial charge >= 0.3 is 0 Å². The van der Waals surface area contributed by atoms with Crippen molar-refractivity contribution in [3.8, 4) is 34.9 Å². The average molecular weight is 381 g/mol. The van der Waals surface area contributed by atoms with Crippen LogP contribution in [0.4, 0.5) is 0 Å². The molecule has 1 heterocycles. The summed E-state index contributed by atoms with van der Waals surface area (Å²) in [6.45, 7) is 1.65. The lowest BCUT2D eigenvalue weighted by molar-refractivity contribution is -0.0399. The van der Waals surface area contributed by atoms with Gasteiger partial charge in [0.15, 0.2) is 6.19 Å². The molecule has 1 saturated heterocycles. The molecule has 1 aliphatic heterocycles. The second-order valence-electron chi connectivity index (χ2n) is 6.83. The van der Waals surface area contributed by atoms with Crippen LogP contribution in [0.5, 0.6) is 11.5 Å². The van der Waals surface area contributed by atoms with Crippen molar-refractivity contribution in [2.24, 2.45) is 0 Å². The van der Waals surface area contributed by atoms with Gasteiger partial charge in [0.25, 0.3) is 0 Å². The molecule has 1 aliphatic rings. The lowest BCUT2D eigenvalue weighted by atomic mass is 9.95. The van der Waals surface area contributed by atoms with Crippen molar-refractivity contribution in [2.75, 3.05) is 13.1 Å². The predicted octanol–water partition coefficient (Wildman–Crippen LogP) is 4.70. The standard InChI is InChI=1S/C24H19N3O2/c25-13-18-6-4-5-9-23(18)24-12-21(29-20-7-2-1-3-8-20)11-10-19(24)16-28-22-14-27(15-22)17-26/h1-12,22H,14-16H2. The summed E-state index contributed by atoms with van der Waals surface area (Å²) < 4.78 is 12.0. The Morgan fingerprint density at radius 2 is 1.62 bits per heavy atom. The highest BCUT2D eigenvalue weighted by molar-refractivity contribution is 5.74. The maximum absolute atomic E-state index is 9.55. The maximum atomic E-state index is 9.55. The van der Waals surface area contributed by atoms with Crippen LogP contribution >= 0.6 is 0 Å². The van der Waals surface area contributed by atoms with E-state index in [0.717, 1.165) is 22.4 Å². The van der Waals surface area contributed by atoms with Gasteiger partial charge in [-0.2, -0.15) is 10.5 Å². The molecule has 5 nitrogen and oxygen atoms in total. The summed E-state index contributed by atoms with van der Waals surface area (Å²) in [5.74, 6) is 1.45. The maximum Gasteiger partial charge on any atom is 0.179 e. The minimum atomic E-state index is 0.0500. The Morgan fingerprint density at radius 1 is 0.862 bits per heavy atom. The molecule has 0 spiro atoms. The lowest BCUT2D eigenvalue weighted by Gasteiger charge is -2.34. The summed E-state index contributed by atoms with van der Waals surface area (Å²) in [5, 5.41) is 18.4. The van der Waals surface area contributed by atoms with Crippen LogP contribution in [0, 0.1) is 22.8 Å². The molecule has 0 N–H and O–H groups in total. The molecular weight excluding hydrogens is 362 g/mol. The van der Waals surface area contributed by atoms with Crippen LogP contribution in [0.15, 0.2) is 72.8 Å². The van der Waals surface area contributed by atoms with Crippen LogP contribution in [0.1, 0.15) is 11.1 Å². The van der Waals surface area contributed by atoms with E-state index in [1.165, 1.54) is 0 Å². The van der Waals surface area contributed by atoms with Gasteiger partial charge in [-0.05, 0) is 47.0 Å². The molecule has 142 valence electrons. The third-order valence-electron chi connectivity index (χ3n) is 4.86. The Labute approximate surface area is 170 Å². The molecule has 29 heavy (non-hydrogen) atoms. The Morgan fingerprint density at radius 3 is 2.38 bits per heavy atom. The highest BCUT2D eigenvalue weighted by Crippen LogP contribution is 2.33. The molecule has 0 unspecified atom stereocenters. The highest BCUT2D eigenvalue weighted by atomic mass is 16.5. The van der Waals surface area contributed by atoms with Gasteiger partial charge in [-0.15, -0.1) is 0 Å². The quantitative estimate of drug-likeness (QED) is 0.579. The number of likely N-dealkylation sites (tertiary alicyclic amines) is 1. The van der Waals surface area contributed by atoms with Crippen molar-refractivity contribution in [3.63, 3.8) is 0 Å². The van der Waals surface area contributed by atoms with Crippen LogP contribution in [-0.4, -0.2) is 24.1 Å². The monoisotopic (exact) mass is 381 g/mol. The number of hydrogen-bond acceptors (Lipinski definition) is 5. The molecule has 0 bridgehead atoms. The van der Waals surface area contributed by atoms with Crippen LogP contribution < -0.4 is 4.74 Å². The molecule has 0 aromatic heterocycles. The van der Waals surface area contributed by atoms with Gasteiger partial charge in [-0.1, -0.05) is 42.5 Å². The first-order chi connectivity index (χ1) is 14.3. The molecule has 0 radical (unpaired) electrons. The van der Waals surface area contributed by atoms with E-state index in [1.54, 1.807) is 11.0 Å². The third kappa shape index (κ3) is 4.21. The number of rotatable bonds is 6. The van der Waals surface area contributed by atoms with E-state index in [0.29, 0.717) is 31.0 Å². The zero-order chi connectivity index (χ0) is 20.1. The van der Waals surface area contributed by atoms with E-state index in [-0.39, 0.29) is 6.10 Å². The first kappa shape index (κ1) is 18.6. The topological polar surface area (TPSA) is 69.3 Å². The molecule has 0 atom stereocenters. The van der Waals surface area contributed by atoms with Crippen molar-refractivity contribution in [3.05, 3.63) is 83.9 Å². The van der Waals surface area contributed by atoms with Crippen molar-refractivity contribution in [2.45, 2.75) is 12.7 Å². The summed E-state index contributed by atoms with van der Waals surface area (Å²) >= 11 is 0. The van der Waals surface area contributed by atoms with E-state index in [1.807, 2.05) is 66.7 Å². The van der Waals surface area contributed by atoms with Crippen molar-refractivity contribution in [1.29, 1.82) is 10.5 Å². The number of benzene rings is 3.